The lowest BCUT2D eigenvalue weighted by Gasteiger charge is -2.39. The summed E-state index contributed by atoms with van der Waals surface area (Å²) in [6, 6.07) is 16.2. The molecule has 0 saturated carbocycles. The van der Waals surface area contributed by atoms with E-state index in [0.717, 1.165) is 0 Å². The highest BCUT2D eigenvalue weighted by atomic mass is 15.0. The lowest BCUT2D eigenvalue weighted by atomic mass is 9.75. The topological polar surface area (TPSA) is 12.0 Å². The molecular formula is C22H25N. The van der Waals surface area contributed by atoms with E-state index in [0.29, 0.717) is 23.8 Å². The van der Waals surface area contributed by atoms with Gasteiger partial charge in [-0.2, -0.15) is 0 Å². The minimum atomic E-state index is 0.405. The number of nitrogens with one attached hydrogen (secondary N) is 1. The quantitative estimate of drug-likeness (QED) is 0.676. The second-order valence-corrected chi connectivity index (χ2v) is 7.36. The number of benzene rings is 2. The van der Waals surface area contributed by atoms with E-state index in [1.165, 1.54) is 34.4 Å². The van der Waals surface area contributed by atoms with Gasteiger partial charge in [-0.05, 0) is 41.9 Å². The highest BCUT2D eigenvalue weighted by Gasteiger charge is 2.38. The van der Waals surface area contributed by atoms with E-state index in [2.05, 4.69) is 80.7 Å². The van der Waals surface area contributed by atoms with Gasteiger partial charge in [0.05, 0.1) is 6.04 Å². The molecule has 0 amide bonds. The van der Waals surface area contributed by atoms with Crippen molar-refractivity contribution in [1.82, 2.24) is 0 Å². The van der Waals surface area contributed by atoms with Crippen LogP contribution in [0.2, 0.25) is 0 Å². The van der Waals surface area contributed by atoms with Gasteiger partial charge in [0.1, 0.15) is 0 Å². The van der Waals surface area contributed by atoms with E-state index in [1.807, 2.05) is 0 Å². The molecule has 0 fully saturated rings. The van der Waals surface area contributed by atoms with E-state index in [-0.39, 0.29) is 0 Å². The predicted octanol–water partition coefficient (Wildman–Crippen LogP) is 5.94. The molecule has 0 radical (unpaired) electrons. The van der Waals surface area contributed by atoms with Gasteiger partial charge in [0.15, 0.2) is 0 Å². The Morgan fingerprint density at radius 2 is 1.91 bits per heavy atom. The number of allylic oxidation sites excluding steroid dienone is 2. The summed E-state index contributed by atoms with van der Waals surface area (Å²) in [5.41, 5.74) is 7.07. The van der Waals surface area contributed by atoms with Gasteiger partial charge in [0.2, 0.25) is 0 Å². The lowest BCUT2D eigenvalue weighted by molar-refractivity contribution is 0.424. The van der Waals surface area contributed by atoms with Crippen LogP contribution in [0.15, 0.2) is 54.6 Å². The number of hydrogen-bond donors (Lipinski definition) is 1. The maximum atomic E-state index is 3.92. The minimum absolute atomic E-state index is 0.405. The number of aryl methyl sites for hydroxylation is 1. The summed E-state index contributed by atoms with van der Waals surface area (Å²) in [7, 11) is 0. The molecule has 3 atom stereocenters. The molecule has 1 N–H and O–H groups in total. The summed E-state index contributed by atoms with van der Waals surface area (Å²) >= 11 is 0. The molecule has 4 rings (SSSR count). The summed E-state index contributed by atoms with van der Waals surface area (Å²) in [6.07, 6.45) is 5.97. The SMILES string of the molecule is Cc1cccc(C2Nc3c(C(C)C)cccc3C3C=CCC32)c1. The molecule has 2 aliphatic rings. The summed E-state index contributed by atoms with van der Waals surface area (Å²) in [5.74, 6) is 1.72. The number of rotatable bonds is 2. The van der Waals surface area contributed by atoms with E-state index in [4.69, 9.17) is 0 Å². The van der Waals surface area contributed by atoms with E-state index in [9.17, 15) is 0 Å². The Labute approximate surface area is 139 Å². The van der Waals surface area contributed by atoms with Crippen LogP contribution in [0.25, 0.3) is 0 Å². The van der Waals surface area contributed by atoms with Gasteiger partial charge in [-0.25, -0.2) is 0 Å². The second kappa shape index (κ2) is 5.56. The van der Waals surface area contributed by atoms with E-state index < -0.39 is 0 Å². The molecule has 0 aromatic heterocycles. The molecule has 2 aromatic carbocycles. The van der Waals surface area contributed by atoms with Crippen molar-refractivity contribution in [1.29, 1.82) is 0 Å². The van der Waals surface area contributed by atoms with Crippen molar-refractivity contribution < 1.29 is 0 Å². The third kappa shape index (κ3) is 2.39. The third-order valence-electron chi connectivity index (χ3n) is 5.45. The molecule has 2 aromatic rings. The molecule has 0 spiro atoms. The van der Waals surface area contributed by atoms with E-state index >= 15 is 0 Å². The van der Waals surface area contributed by atoms with Crippen molar-refractivity contribution in [3.8, 4) is 0 Å². The molecule has 1 heterocycles. The summed E-state index contributed by atoms with van der Waals surface area (Å²) < 4.78 is 0. The van der Waals surface area contributed by atoms with Crippen LogP contribution in [-0.2, 0) is 0 Å². The standard InChI is InChI=1S/C22H25N/c1-14(2)17-9-5-12-20-18-10-6-11-19(18)21(23-22(17)20)16-8-4-7-15(3)13-16/h4-10,12-14,18-19,21,23H,11H2,1-3H3. The Morgan fingerprint density at radius 1 is 1.09 bits per heavy atom. The zero-order valence-corrected chi connectivity index (χ0v) is 14.2. The maximum absolute atomic E-state index is 3.92. The van der Waals surface area contributed by atoms with Gasteiger partial charge in [-0.3, -0.25) is 0 Å². The molecule has 0 bridgehead atoms. The monoisotopic (exact) mass is 303 g/mol. The minimum Gasteiger partial charge on any atom is -0.377 e. The van der Waals surface area contributed by atoms with Crippen molar-refractivity contribution >= 4 is 5.69 Å². The van der Waals surface area contributed by atoms with Crippen LogP contribution in [0.1, 0.15) is 60.4 Å². The predicted molar refractivity (Wildman–Crippen MR) is 98.1 cm³/mol. The van der Waals surface area contributed by atoms with Crippen LogP contribution in [0.4, 0.5) is 5.69 Å². The average Bonchev–Trinajstić information content (AvgIpc) is 3.03. The van der Waals surface area contributed by atoms with Crippen molar-refractivity contribution in [3.05, 3.63) is 76.9 Å². The highest BCUT2D eigenvalue weighted by molar-refractivity contribution is 5.65. The zero-order valence-electron chi connectivity index (χ0n) is 14.2. The van der Waals surface area contributed by atoms with Crippen molar-refractivity contribution in [2.24, 2.45) is 5.92 Å². The van der Waals surface area contributed by atoms with Crippen LogP contribution < -0.4 is 5.32 Å². The molecule has 0 saturated heterocycles. The first-order chi connectivity index (χ1) is 11.1. The first-order valence-corrected chi connectivity index (χ1v) is 8.77. The third-order valence-corrected chi connectivity index (χ3v) is 5.45. The van der Waals surface area contributed by atoms with Gasteiger partial charge >= 0.3 is 0 Å². The number of hydrogen-bond acceptors (Lipinski definition) is 1. The van der Waals surface area contributed by atoms with Crippen LogP contribution in [-0.4, -0.2) is 0 Å². The zero-order chi connectivity index (χ0) is 16.0. The summed E-state index contributed by atoms with van der Waals surface area (Å²) in [6.45, 7) is 6.76. The van der Waals surface area contributed by atoms with Crippen molar-refractivity contribution in [3.63, 3.8) is 0 Å². The average molecular weight is 303 g/mol. The molecule has 3 unspecified atom stereocenters. The number of para-hydroxylation sites is 1. The molecule has 1 aliphatic heterocycles. The van der Waals surface area contributed by atoms with Crippen molar-refractivity contribution in [2.75, 3.05) is 5.32 Å². The normalized spacial score (nSPS) is 25.1. The van der Waals surface area contributed by atoms with E-state index in [1.54, 1.807) is 0 Å². The Bertz CT molecular complexity index is 756. The molecular weight excluding hydrogens is 278 g/mol. The Balaban J connectivity index is 1.83. The summed E-state index contributed by atoms with van der Waals surface area (Å²) in [5, 5.41) is 3.92. The highest BCUT2D eigenvalue weighted by Crippen LogP contribution is 2.51. The van der Waals surface area contributed by atoms with Gasteiger partial charge in [-0.15, -0.1) is 0 Å². The Morgan fingerprint density at radius 3 is 2.70 bits per heavy atom. The first-order valence-electron chi connectivity index (χ1n) is 8.77. The van der Waals surface area contributed by atoms with Gasteiger partial charge in [-0.1, -0.05) is 74.0 Å². The van der Waals surface area contributed by atoms with Gasteiger partial charge in [0, 0.05) is 11.6 Å². The first kappa shape index (κ1) is 14.6. The molecule has 1 aliphatic carbocycles. The number of anilines is 1. The fraction of sp³-hybridized carbons (Fsp3) is 0.364. The number of fused-ring (bicyclic) bond motifs is 3. The maximum Gasteiger partial charge on any atom is 0.0554 e. The van der Waals surface area contributed by atoms with Crippen molar-refractivity contribution in [2.45, 2.75) is 45.1 Å². The largest absolute Gasteiger partial charge is 0.377 e. The fourth-order valence-electron chi connectivity index (χ4n) is 4.32. The molecule has 1 nitrogen and oxygen atoms in total. The van der Waals surface area contributed by atoms with Crippen LogP contribution >= 0.6 is 0 Å². The summed E-state index contributed by atoms with van der Waals surface area (Å²) in [4.78, 5) is 0. The Kier molecular flexibility index (Phi) is 3.52. The second-order valence-electron chi connectivity index (χ2n) is 7.36. The fourth-order valence-corrected chi connectivity index (χ4v) is 4.32. The van der Waals surface area contributed by atoms with Crippen LogP contribution in [0.5, 0.6) is 0 Å². The smallest absolute Gasteiger partial charge is 0.0554 e. The molecule has 23 heavy (non-hydrogen) atoms. The lowest BCUT2D eigenvalue weighted by Crippen LogP contribution is -2.30. The molecule has 1 heteroatoms. The van der Waals surface area contributed by atoms with Gasteiger partial charge in [0.25, 0.3) is 0 Å². The Hall–Kier alpha value is -2.02. The van der Waals surface area contributed by atoms with Crippen LogP contribution in [0, 0.1) is 12.8 Å². The molecule has 118 valence electrons. The van der Waals surface area contributed by atoms with Gasteiger partial charge < -0.3 is 5.32 Å². The van der Waals surface area contributed by atoms with Crippen LogP contribution in [0.3, 0.4) is 0 Å².